The number of nitrogens with zero attached hydrogens (tertiary/aromatic N) is 1. The van der Waals surface area contributed by atoms with Crippen LogP contribution in [0.1, 0.15) is 31.4 Å². The van der Waals surface area contributed by atoms with E-state index >= 15 is 0 Å². The summed E-state index contributed by atoms with van der Waals surface area (Å²) in [6, 6.07) is 4.54. The summed E-state index contributed by atoms with van der Waals surface area (Å²) in [5.41, 5.74) is 0.216. The van der Waals surface area contributed by atoms with Crippen molar-refractivity contribution in [2.75, 3.05) is 13.7 Å². The van der Waals surface area contributed by atoms with Gasteiger partial charge in [0.05, 0.1) is 6.10 Å². The Balaban J connectivity index is 1.92. The summed E-state index contributed by atoms with van der Waals surface area (Å²) in [4.78, 5) is 13.4. The van der Waals surface area contributed by atoms with E-state index < -0.39 is 11.9 Å². The predicted octanol–water partition coefficient (Wildman–Crippen LogP) is 1.88. The van der Waals surface area contributed by atoms with Crippen molar-refractivity contribution in [3.8, 4) is 5.75 Å². The molecule has 1 atom stereocenters. The summed E-state index contributed by atoms with van der Waals surface area (Å²) >= 11 is 0. The van der Waals surface area contributed by atoms with Crippen LogP contribution in [0.3, 0.4) is 0 Å². The molecule has 1 aromatic rings. The molecule has 2 rings (SSSR count). The van der Waals surface area contributed by atoms with Crippen LogP contribution in [0.15, 0.2) is 18.2 Å². The Kier molecular flexibility index (Phi) is 4.04. The van der Waals surface area contributed by atoms with E-state index in [1.807, 2.05) is 0 Å². The van der Waals surface area contributed by atoms with Crippen LogP contribution in [0.2, 0.25) is 0 Å². The maximum Gasteiger partial charge on any atom is 0.260 e. The van der Waals surface area contributed by atoms with Gasteiger partial charge in [-0.25, -0.2) is 4.39 Å². The van der Waals surface area contributed by atoms with Crippen molar-refractivity contribution in [3.63, 3.8) is 0 Å². The molecule has 1 aliphatic carbocycles. The average Bonchev–Trinajstić information content (AvgIpc) is 3.18. The number of hydrogen-bond donors (Lipinski definition) is 1. The summed E-state index contributed by atoms with van der Waals surface area (Å²) in [6.45, 7) is 1.40. The molecule has 4 nitrogen and oxygen atoms in total. The molecule has 1 unspecified atom stereocenters. The highest BCUT2D eigenvalue weighted by Crippen LogP contribution is 2.25. The van der Waals surface area contributed by atoms with E-state index in [4.69, 9.17) is 4.74 Å². The van der Waals surface area contributed by atoms with Crippen LogP contribution < -0.4 is 4.74 Å². The minimum atomic E-state index is -0.864. The summed E-state index contributed by atoms with van der Waals surface area (Å²) in [5.74, 6) is -0.350. The van der Waals surface area contributed by atoms with Gasteiger partial charge in [-0.1, -0.05) is 0 Å². The number of hydrogen-bond acceptors (Lipinski definition) is 3. The van der Waals surface area contributed by atoms with E-state index in [9.17, 15) is 14.3 Å². The Morgan fingerprint density at radius 3 is 2.79 bits per heavy atom. The van der Waals surface area contributed by atoms with Gasteiger partial charge in [0.15, 0.2) is 6.61 Å². The summed E-state index contributed by atoms with van der Waals surface area (Å²) in [7, 11) is 1.75. The summed E-state index contributed by atoms with van der Waals surface area (Å²) in [5, 5.41) is 9.31. The largest absolute Gasteiger partial charge is 0.484 e. The standard InChI is InChI=1S/C14H18FNO3/c1-9(17)12-6-5-11(7-13(12)15)19-8-14(18)16(2)10-3-4-10/h5-7,9-10,17H,3-4,8H2,1-2H3. The SMILES string of the molecule is CC(O)c1ccc(OCC(=O)N(C)C2CC2)cc1F. The van der Waals surface area contributed by atoms with Crippen LogP contribution in [0.5, 0.6) is 5.75 Å². The van der Waals surface area contributed by atoms with Gasteiger partial charge in [-0.15, -0.1) is 0 Å². The molecule has 0 radical (unpaired) electrons. The molecule has 0 aromatic heterocycles. The molecule has 104 valence electrons. The Hall–Kier alpha value is -1.62. The highest BCUT2D eigenvalue weighted by molar-refractivity contribution is 5.78. The van der Waals surface area contributed by atoms with Gasteiger partial charge in [-0.05, 0) is 31.9 Å². The topological polar surface area (TPSA) is 49.8 Å². The van der Waals surface area contributed by atoms with Crippen LogP contribution in [-0.4, -0.2) is 35.6 Å². The van der Waals surface area contributed by atoms with Crippen molar-refractivity contribution < 1.29 is 19.0 Å². The second-order valence-corrected chi connectivity index (χ2v) is 4.88. The van der Waals surface area contributed by atoms with Gasteiger partial charge >= 0.3 is 0 Å². The smallest absolute Gasteiger partial charge is 0.260 e. The highest BCUT2D eigenvalue weighted by atomic mass is 19.1. The van der Waals surface area contributed by atoms with Crippen molar-refractivity contribution in [1.29, 1.82) is 0 Å². The molecular formula is C14H18FNO3. The lowest BCUT2D eigenvalue weighted by Crippen LogP contribution is -2.33. The van der Waals surface area contributed by atoms with Gasteiger partial charge in [0.25, 0.3) is 5.91 Å². The van der Waals surface area contributed by atoms with Gasteiger partial charge in [0, 0.05) is 24.7 Å². The van der Waals surface area contributed by atoms with Crippen molar-refractivity contribution in [2.45, 2.75) is 31.9 Å². The van der Waals surface area contributed by atoms with Crippen LogP contribution in [-0.2, 0) is 4.79 Å². The van der Waals surface area contributed by atoms with Crippen molar-refractivity contribution in [2.24, 2.45) is 0 Å². The fourth-order valence-corrected chi connectivity index (χ4v) is 1.85. The number of likely N-dealkylation sites (N-methyl/N-ethyl adjacent to an activating group) is 1. The first kappa shape index (κ1) is 13.8. The van der Waals surface area contributed by atoms with Gasteiger partial charge in [-0.2, -0.15) is 0 Å². The van der Waals surface area contributed by atoms with Crippen LogP contribution >= 0.6 is 0 Å². The number of aliphatic hydroxyl groups excluding tert-OH is 1. The minimum Gasteiger partial charge on any atom is -0.484 e. The summed E-state index contributed by atoms with van der Waals surface area (Å²) in [6.07, 6.45) is 1.22. The molecule has 0 spiro atoms. The lowest BCUT2D eigenvalue weighted by atomic mass is 10.1. The molecule has 1 N–H and O–H groups in total. The van der Waals surface area contributed by atoms with E-state index in [1.54, 1.807) is 18.0 Å². The zero-order chi connectivity index (χ0) is 14.0. The van der Waals surface area contributed by atoms with E-state index in [0.29, 0.717) is 11.8 Å². The second kappa shape index (κ2) is 5.57. The quantitative estimate of drug-likeness (QED) is 0.886. The van der Waals surface area contributed by atoms with Crippen LogP contribution in [0.4, 0.5) is 4.39 Å². The molecule has 19 heavy (non-hydrogen) atoms. The summed E-state index contributed by atoms with van der Waals surface area (Å²) < 4.78 is 18.9. The highest BCUT2D eigenvalue weighted by Gasteiger charge is 2.29. The lowest BCUT2D eigenvalue weighted by molar-refractivity contribution is -0.132. The van der Waals surface area contributed by atoms with E-state index in [-0.39, 0.29) is 18.1 Å². The first-order valence-electron chi connectivity index (χ1n) is 6.35. The third kappa shape index (κ3) is 3.44. The fourth-order valence-electron chi connectivity index (χ4n) is 1.85. The van der Waals surface area contributed by atoms with Gasteiger partial charge in [0.1, 0.15) is 11.6 Å². The molecule has 1 saturated carbocycles. The average molecular weight is 267 g/mol. The number of rotatable bonds is 5. The van der Waals surface area contributed by atoms with E-state index in [1.165, 1.54) is 19.1 Å². The number of benzene rings is 1. The van der Waals surface area contributed by atoms with Crippen LogP contribution in [0, 0.1) is 5.82 Å². The van der Waals surface area contributed by atoms with E-state index in [0.717, 1.165) is 12.8 Å². The maximum atomic E-state index is 13.6. The molecule has 1 amide bonds. The third-order valence-corrected chi connectivity index (χ3v) is 3.27. The molecule has 1 aliphatic rings. The van der Waals surface area contributed by atoms with E-state index in [2.05, 4.69) is 0 Å². The first-order chi connectivity index (χ1) is 8.99. The van der Waals surface area contributed by atoms with Crippen molar-refractivity contribution in [1.82, 2.24) is 4.90 Å². The van der Waals surface area contributed by atoms with Gasteiger partial charge < -0.3 is 14.7 Å². The molecular weight excluding hydrogens is 249 g/mol. The Morgan fingerprint density at radius 2 is 2.26 bits per heavy atom. The normalized spacial score (nSPS) is 16.0. The monoisotopic (exact) mass is 267 g/mol. The number of carbonyl (C=O) groups is 1. The molecule has 0 bridgehead atoms. The Labute approximate surface area is 111 Å². The number of carbonyl (C=O) groups excluding carboxylic acids is 1. The molecule has 1 aromatic carbocycles. The van der Waals surface area contributed by atoms with Crippen LogP contribution in [0.25, 0.3) is 0 Å². The second-order valence-electron chi connectivity index (χ2n) is 4.88. The first-order valence-corrected chi connectivity index (χ1v) is 6.35. The predicted molar refractivity (Wildman–Crippen MR) is 68.3 cm³/mol. The van der Waals surface area contributed by atoms with Gasteiger partial charge in [0.2, 0.25) is 0 Å². The molecule has 0 heterocycles. The Morgan fingerprint density at radius 1 is 1.58 bits per heavy atom. The van der Waals surface area contributed by atoms with Crippen molar-refractivity contribution >= 4 is 5.91 Å². The zero-order valence-corrected chi connectivity index (χ0v) is 11.1. The number of amides is 1. The maximum absolute atomic E-state index is 13.6. The minimum absolute atomic E-state index is 0.0968. The molecule has 0 saturated heterocycles. The Bertz CT molecular complexity index is 472. The molecule has 5 heteroatoms. The fraction of sp³-hybridized carbons (Fsp3) is 0.500. The third-order valence-electron chi connectivity index (χ3n) is 3.27. The number of halogens is 1. The lowest BCUT2D eigenvalue weighted by Gasteiger charge is -2.16. The van der Waals surface area contributed by atoms with Gasteiger partial charge in [-0.3, -0.25) is 4.79 Å². The number of ether oxygens (including phenoxy) is 1. The number of aliphatic hydroxyl groups is 1. The molecule has 0 aliphatic heterocycles. The van der Waals surface area contributed by atoms with Crippen molar-refractivity contribution in [3.05, 3.63) is 29.6 Å². The zero-order valence-electron chi connectivity index (χ0n) is 11.1. The molecule has 1 fully saturated rings.